The SMILES string of the molecule is CN(C)c1ccc(CNC(=O)CN2CCCCCC2=O)cc1. The Kier molecular flexibility index (Phi) is 5.81. The van der Waals surface area contributed by atoms with Gasteiger partial charge in [-0.1, -0.05) is 18.6 Å². The van der Waals surface area contributed by atoms with Crippen LogP contribution < -0.4 is 10.2 Å². The van der Waals surface area contributed by atoms with Crippen LogP contribution in [-0.2, 0) is 16.1 Å². The molecule has 1 aromatic carbocycles. The van der Waals surface area contributed by atoms with E-state index in [9.17, 15) is 9.59 Å². The molecule has 0 aromatic heterocycles. The molecular weight excluding hydrogens is 278 g/mol. The predicted molar refractivity (Wildman–Crippen MR) is 87.7 cm³/mol. The molecule has 1 saturated heterocycles. The number of hydrogen-bond acceptors (Lipinski definition) is 3. The lowest BCUT2D eigenvalue weighted by Gasteiger charge is -2.19. The molecule has 0 aliphatic carbocycles. The Morgan fingerprint density at radius 3 is 2.59 bits per heavy atom. The van der Waals surface area contributed by atoms with Crippen molar-refractivity contribution in [1.29, 1.82) is 0 Å². The second kappa shape index (κ2) is 7.82. The van der Waals surface area contributed by atoms with Crippen LogP contribution in [0.3, 0.4) is 0 Å². The first-order chi connectivity index (χ1) is 10.6. The minimum Gasteiger partial charge on any atom is -0.378 e. The summed E-state index contributed by atoms with van der Waals surface area (Å²) in [5, 5.41) is 2.89. The molecule has 0 atom stereocenters. The summed E-state index contributed by atoms with van der Waals surface area (Å²) in [6.45, 7) is 1.37. The second-order valence-corrected chi connectivity index (χ2v) is 5.96. The van der Waals surface area contributed by atoms with E-state index in [2.05, 4.69) is 5.32 Å². The van der Waals surface area contributed by atoms with Crippen molar-refractivity contribution in [3.8, 4) is 0 Å². The minimum absolute atomic E-state index is 0.0908. The summed E-state index contributed by atoms with van der Waals surface area (Å²) in [5.74, 6) is 0.00919. The predicted octanol–water partition coefficient (Wildman–Crippen LogP) is 1.77. The Morgan fingerprint density at radius 2 is 1.91 bits per heavy atom. The van der Waals surface area contributed by atoms with Gasteiger partial charge in [-0.2, -0.15) is 0 Å². The summed E-state index contributed by atoms with van der Waals surface area (Å²) < 4.78 is 0. The van der Waals surface area contributed by atoms with Crippen LogP contribution in [0.1, 0.15) is 31.2 Å². The van der Waals surface area contributed by atoms with Crippen LogP contribution in [0, 0.1) is 0 Å². The molecule has 0 saturated carbocycles. The first kappa shape index (κ1) is 16.3. The molecule has 1 aromatic rings. The summed E-state index contributed by atoms with van der Waals surface area (Å²) in [5.41, 5.74) is 2.19. The van der Waals surface area contributed by atoms with Crippen molar-refractivity contribution in [2.24, 2.45) is 0 Å². The van der Waals surface area contributed by atoms with Crippen molar-refractivity contribution in [3.63, 3.8) is 0 Å². The van der Waals surface area contributed by atoms with Crippen LogP contribution >= 0.6 is 0 Å². The molecule has 0 unspecified atom stereocenters. The van der Waals surface area contributed by atoms with Gasteiger partial charge in [-0.25, -0.2) is 0 Å². The van der Waals surface area contributed by atoms with Gasteiger partial charge in [0, 0.05) is 39.3 Å². The number of hydrogen-bond donors (Lipinski definition) is 1. The van der Waals surface area contributed by atoms with E-state index in [0.29, 0.717) is 19.5 Å². The first-order valence-electron chi connectivity index (χ1n) is 7.87. The third-order valence-electron chi connectivity index (χ3n) is 3.95. The number of benzene rings is 1. The number of anilines is 1. The molecule has 1 fully saturated rings. The summed E-state index contributed by atoms with van der Waals surface area (Å²) in [7, 11) is 3.99. The van der Waals surface area contributed by atoms with Crippen LogP contribution in [0.2, 0.25) is 0 Å². The molecule has 2 amide bonds. The molecule has 120 valence electrons. The Hall–Kier alpha value is -2.04. The minimum atomic E-state index is -0.0908. The summed E-state index contributed by atoms with van der Waals surface area (Å²) >= 11 is 0. The number of carbonyl (C=O) groups is 2. The van der Waals surface area contributed by atoms with Crippen LogP contribution in [0.4, 0.5) is 5.69 Å². The van der Waals surface area contributed by atoms with Gasteiger partial charge in [0.2, 0.25) is 11.8 Å². The fourth-order valence-corrected chi connectivity index (χ4v) is 2.55. The first-order valence-corrected chi connectivity index (χ1v) is 7.87. The molecule has 0 bridgehead atoms. The maximum atomic E-state index is 12.0. The zero-order valence-corrected chi connectivity index (χ0v) is 13.5. The highest BCUT2D eigenvalue weighted by Crippen LogP contribution is 2.12. The van der Waals surface area contributed by atoms with Gasteiger partial charge in [0.15, 0.2) is 0 Å². The van der Waals surface area contributed by atoms with Gasteiger partial charge in [0.05, 0.1) is 6.54 Å². The highest BCUT2D eigenvalue weighted by molar-refractivity contribution is 5.84. The molecule has 1 N–H and O–H groups in total. The van der Waals surface area contributed by atoms with E-state index >= 15 is 0 Å². The standard InChI is InChI=1S/C17H25N3O2/c1-19(2)15-9-7-14(8-10-15)12-18-16(21)13-20-11-5-3-4-6-17(20)22/h7-10H,3-6,11-13H2,1-2H3,(H,18,21). The van der Waals surface area contributed by atoms with Gasteiger partial charge in [-0.05, 0) is 30.5 Å². The fourth-order valence-electron chi connectivity index (χ4n) is 2.55. The van der Waals surface area contributed by atoms with Gasteiger partial charge < -0.3 is 15.1 Å². The molecule has 5 nitrogen and oxygen atoms in total. The highest BCUT2D eigenvalue weighted by Gasteiger charge is 2.18. The third-order valence-corrected chi connectivity index (χ3v) is 3.95. The van der Waals surface area contributed by atoms with Crippen molar-refractivity contribution >= 4 is 17.5 Å². The third kappa shape index (κ3) is 4.76. The maximum absolute atomic E-state index is 12.0. The molecular formula is C17H25N3O2. The molecule has 22 heavy (non-hydrogen) atoms. The average Bonchev–Trinajstić information content (AvgIpc) is 2.70. The topological polar surface area (TPSA) is 52.7 Å². The lowest BCUT2D eigenvalue weighted by molar-refractivity contribution is -0.135. The Morgan fingerprint density at radius 1 is 1.18 bits per heavy atom. The van der Waals surface area contributed by atoms with Crippen molar-refractivity contribution in [2.45, 2.75) is 32.2 Å². The van der Waals surface area contributed by atoms with Crippen molar-refractivity contribution in [2.75, 3.05) is 32.1 Å². The molecule has 0 radical (unpaired) electrons. The van der Waals surface area contributed by atoms with Crippen LogP contribution in [0.15, 0.2) is 24.3 Å². The monoisotopic (exact) mass is 303 g/mol. The zero-order chi connectivity index (χ0) is 15.9. The number of carbonyl (C=O) groups excluding carboxylic acids is 2. The Balaban J connectivity index is 1.80. The normalized spacial score (nSPS) is 15.4. The van der Waals surface area contributed by atoms with E-state index in [-0.39, 0.29) is 18.4 Å². The molecule has 1 aliphatic heterocycles. The van der Waals surface area contributed by atoms with Gasteiger partial charge in [-0.15, -0.1) is 0 Å². The van der Waals surface area contributed by atoms with Crippen molar-refractivity contribution in [3.05, 3.63) is 29.8 Å². The van der Waals surface area contributed by atoms with Crippen molar-refractivity contribution in [1.82, 2.24) is 10.2 Å². The Labute approximate surface area is 132 Å². The van der Waals surface area contributed by atoms with Crippen LogP contribution in [-0.4, -0.2) is 43.9 Å². The second-order valence-electron chi connectivity index (χ2n) is 5.96. The molecule has 5 heteroatoms. The molecule has 1 aliphatic rings. The van der Waals surface area contributed by atoms with E-state index in [4.69, 9.17) is 0 Å². The van der Waals surface area contributed by atoms with E-state index in [1.165, 1.54) is 0 Å². The summed E-state index contributed by atoms with van der Waals surface area (Å²) in [6.07, 6.45) is 3.57. The van der Waals surface area contributed by atoms with Gasteiger partial charge in [0.25, 0.3) is 0 Å². The van der Waals surface area contributed by atoms with E-state index in [1.807, 2.05) is 43.3 Å². The van der Waals surface area contributed by atoms with E-state index in [1.54, 1.807) is 4.90 Å². The lowest BCUT2D eigenvalue weighted by atomic mass is 10.2. The summed E-state index contributed by atoms with van der Waals surface area (Å²) in [4.78, 5) is 27.6. The van der Waals surface area contributed by atoms with E-state index in [0.717, 1.165) is 30.5 Å². The van der Waals surface area contributed by atoms with Crippen LogP contribution in [0.25, 0.3) is 0 Å². The van der Waals surface area contributed by atoms with Crippen LogP contribution in [0.5, 0.6) is 0 Å². The van der Waals surface area contributed by atoms with Gasteiger partial charge >= 0.3 is 0 Å². The Bertz CT molecular complexity index is 511. The number of likely N-dealkylation sites (tertiary alicyclic amines) is 1. The smallest absolute Gasteiger partial charge is 0.239 e. The lowest BCUT2D eigenvalue weighted by Crippen LogP contribution is -2.40. The molecule has 1 heterocycles. The highest BCUT2D eigenvalue weighted by atomic mass is 16.2. The van der Waals surface area contributed by atoms with Gasteiger partial charge in [0.1, 0.15) is 0 Å². The summed E-state index contributed by atoms with van der Waals surface area (Å²) in [6, 6.07) is 8.07. The number of amides is 2. The van der Waals surface area contributed by atoms with Crippen molar-refractivity contribution < 1.29 is 9.59 Å². The fraction of sp³-hybridized carbons (Fsp3) is 0.529. The number of nitrogens with zero attached hydrogens (tertiary/aromatic N) is 2. The number of rotatable bonds is 5. The van der Waals surface area contributed by atoms with E-state index < -0.39 is 0 Å². The maximum Gasteiger partial charge on any atom is 0.239 e. The quantitative estimate of drug-likeness (QED) is 0.902. The molecule has 2 rings (SSSR count). The molecule has 0 spiro atoms. The van der Waals surface area contributed by atoms with Gasteiger partial charge in [-0.3, -0.25) is 9.59 Å². The number of nitrogens with one attached hydrogen (secondary N) is 1. The average molecular weight is 303 g/mol. The largest absolute Gasteiger partial charge is 0.378 e. The zero-order valence-electron chi connectivity index (χ0n) is 13.5.